The molecule has 0 atom stereocenters. The van der Waals surface area contributed by atoms with Crippen molar-refractivity contribution in [3.05, 3.63) is 38.6 Å². The van der Waals surface area contributed by atoms with E-state index in [1.807, 2.05) is 6.20 Å². The molecule has 2 rings (SSSR count). The zero-order chi connectivity index (χ0) is 11.5. The lowest BCUT2D eigenvalue weighted by atomic mass is 10.1. The normalized spacial score (nSPS) is 10.9. The summed E-state index contributed by atoms with van der Waals surface area (Å²) in [5, 5.41) is 1.89. The smallest absolute Gasteiger partial charge is 0.0717 e. The minimum absolute atomic E-state index is 0.823. The van der Waals surface area contributed by atoms with Crippen LogP contribution in [0.15, 0.2) is 24.4 Å². The summed E-state index contributed by atoms with van der Waals surface area (Å²) in [6.07, 6.45) is 5.38. The molecule has 0 radical (unpaired) electrons. The minimum atomic E-state index is 0.823. The number of hydrogen-bond acceptors (Lipinski definition) is 1. The molecule has 0 saturated heterocycles. The monoisotopic (exact) mass is 345 g/mol. The number of benzene rings is 1. The third-order valence-electron chi connectivity index (χ3n) is 2.64. The molecule has 2 aromatic rings. The summed E-state index contributed by atoms with van der Waals surface area (Å²) >= 11 is 8.50. The Bertz CT molecular complexity index is 511. The van der Waals surface area contributed by atoms with E-state index in [-0.39, 0.29) is 0 Å². The topological polar surface area (TPSA) is 12.9 Å². The van der Waals surface area contributed by atoms with Crippen LogP contribution in [0.5, 0.6) is 0 Å². The molecule has 0 aliphatic rings. The van der Waals surface area contributed by atoms with Gasteiger partial charge in [0.1, 0.15) is 0 Å². The average molecular weight is 346 g/mol. The third kappa shape index (κ3) is 2.48. The van der Waals surface area contributed by atoms with Gasteiger partial charge in [-0.1, -0.05) is 31.0 Å². The van der Waals surface area contributed by atoms with Crippen molar-refractivity contribution in [3.8, 4) is 0 Å². The highest BCUT2D eigenvalue weighted by Gasteiger charge is 2.05. The lowest BCUT2D eigenvalue weighted by Gasteiger charge is -2.05. The first-order valence-electron chi connectivity index (χ1n) is 5.45. The summed E-state index contributed by atoms with van der Waals surface area (Å²) in [4.78, 5) is 4.37. The Kier molecular flexibility index (Phi) is 4.03. The van der Waals surface area contributed by atoms with Crippen LogP contribution in [-0.2, 0) is 6.42 Å². The van der Waals surface area contributed by atoms with Gasteiger partial charge in [-0.25, -0.2) is 0 Å². The number of unbranched alkanes of at least 4 members (excludes halogenated alkanes) is 1. The molecule has 1 aromatic heterocycles. The van der Waals surface area contributed by atoms with Crippen molar-refractivity contribution in [2.24, 2.45) is 0 Å². The Morgan fingerprint density at radius 2 is 2.19 bits per heavy atom. The van der Waals surface area contributed by atoms with Crippen LogP contribution in [0.25, 0.3) is 10.9 Å². The van der Waals surface area contributed by atoms with Crippen LogP contribution in [0.2, 0.25) is 5.02 Å². The molecule has 0 amide bonds. The summed E-state index contributed by atoms with van der Waals surface area (Å²) in [5.74, 6) is 0. The number of pyridine rings is 1. The highest BCUT2D eigenvalue weighted by Crippen LogP contribution is 2.27. The molecule has 1 aromatic carbocycles. The molecule has 1 heterocycles. The molecule has 0 spiro atoms. The van der Waals surface area contributed by atoms with Gasteiger partial charge in [-0.15, -0.1) is 0 Å². The lowest BCUT2D eigenvalue weighted by Crippen LogP contribution is -1.88. The van der Waals surface area contributed by atoms with Crippen molar-refractivity contribution in [1.29, 1.82) is 0 Å². The highest BCUT2D eigenvalue weighted by molar-refractivity contribution is 14.1. The average Bonchev–Trinajstić information content (AvgIpc) is 2.31. The van der Waals surface area contributed by atoms with Crippen molar-refractivity contribution >= 4 is 45.1 Å². The first kappa shape index (κ1) is 12.1. The molecule has 0 N–H and O–H groups in total. The predicted octanol–water partition coefficient (Wildman–Crippen LogP) is 4.84. The van der Waals surface area contributed by atoms with Crippen LogP contribution in [0.3, 0.4) is 0 Å². The van der Waals surface area contributed by atoms with Crippen molar-refractivity contribution in [2.75, 3.05) is 0 Å². The van der Waals surface area contributed by atoms with Crippen molar-refractivity contribution in [3.63, 3.8) is 0 Å². The fraction of sp³-hybridized carbons (Fsp3) is 0.308. The maximum Gasteiger partial charge on any atom is 0.0717 e. The van der Waals surface area contributed by atoms with E-state index in [1.165, 1.54) is 18.4 Å². The number of fused-ring (bicyclic) bond motifs is 1. The number of aryl methyl sites for hydroxylation is 1. The van der Waals surface area contributed by atoms with Crippen molar-refractivity contribution in [2.45, 2.75) is 26.2 Å². The van der Waals surface area contributed by atoms with Gasteiger partial charge in [-0.2, -0.15) is 0 Å². The quantitative estimate of drug-likeness (QED) is 0.726. The lowest BCUT2D eigenvalue weighted by molar-refractivity contribution is 0.796. The Labute approximate surface area is 114 Å². The Morgan fingerprint density at radius 1 is 1.38 bits per heavy atom. The number of hydrogen-bond donors (Lipinski definition) is 0. The third-order valence-corrected chi connectivity index (χ3v) is 4.19. The van der Waals surface area contributed by atoms with E-state index in [0.29, 0.717) is 0 Å². The number of halogens is 2. The molecule has 0 aliphatic heterocycles. The van der Waals surface area contributed by atoms with Crippen LogP contribution < -0.4 is 0 Å². The fourth-order valence-corrected chi connectivity index (χ4v) is 2.35. The van der Waals surface area contributed by atoms with E-state index in [0.717, 1.165) is 25.9 Å². The molecule has 16 heavy (non-hydrogen) atoms. The van der Waals surface area contributed by atoms with Gasteiger partial charge < -0.3 is 0 Å². The Hall–Kier alpha value is -0.350. The maximum absolute atomic E-state index is 6.28. The van der Waals surface area contributed by atoms with Gasteiger partial charge in [-0.3, -0.25) is 4.98 Å². The fourth-order valence-electron chi connectivity index (χ4n) is 1.72. The van der Waals surface area contributed by atoms with Gasteiger partial charge in [0.2, 0.25) is 0 Å². The second-order valence-electron chi connectivity index (χ2n) is 3.88. The molecule has 0 unspecified atom stereocenters. The van der Waals surface area contributed by atoms with E-state index in [1.54, 1.807) is 0 Å². The molecule has 0 fully saturated rings. The van der Waals surface area contributed by atoms with Gasteiger partial charge in [0.25, 0.3) is 0 Å². The SMILES string of the molecule is CCCCc1ccc2ncc(I)c(Cl)c2c1. The molecule has 0 aliphatic carbocycles. The predicted molar refractivity (Wildman–Crippen MR) is 78.1 cm³/mol. The Balaban J connectivity index is 2.47. The summed E-state index contributed by atoms with van der Waals surface area (Å²) in [6.45, 7) is 2.21. The summed E-state index contributed by atoms with van der Waals surface area (Å²) in [5.41, 5.74) is 2.32. The maximum atomic E-state index is 6.28. The van der Waals surface area contributed by atoms with E-state index in [9.17, 15) is 0 Å². The highest BCUT2D eigenvalue weighted by atomic mass is 127. The number of aromatic nitrogens is 1. The molecule has 1 nitrogen and oxygen atoms in total. The molecule has 0 saturated carbocycles. The van der Waals surface area contributed by atoms with Gasteiger partial charge in [0.05, 0.1) is 14.1 Å². The first-order valence-corrected chi connectivity index (χ1v) is 6.90. The van der Waals surface area contributed by atoms with E-state index in [2.05, 4.69) is 52.7 Å². The van der Waals surface area contributed by atoms with Crippen LogP contribution in [0.4, 0.5) is 0 Å². The Morgan fingerprint density at radius 3 is 2.94 bits per heavy atom. The van der Waals surface area contributed by atoms with E-state index < -0.39 is 0 Å². The molecular formula is C13H13ClIN. The van der Waals surface area contributed by atoms with Crippen LogP contribution in [0.1, 0.15) is 25.3 Å². The summed E-state index contributed by atoms with van der Waals surface area (Å²) in [7, 11) is 0. The van der Waals surface area contributed by atoms with Gasteiger partial charge in [0.15, 0.2) is 0 Å². The van der Waals surface area contributed by atoms with Crippen molar-refractivity contribution < 1.29 is 0 Å². The zero-order valence-electron chi connectivity index (χ0n) is 9.13. The van der Waals surface area contributed by atoms with Gasteiger partial charge >= 0.3 is 0 Å². The second kappa shape index (κ2) is 5.32. The van der Waals surface area contributed by atoms with Gasteiger partial charge in [0, 0.05) is 11.6 Å². The zero-order valence-corrected chi connectivity index (χ0v) is 12.0. The van der Waals surface area contributed by atoms with Crippen LogP contribution in [-0.4, -0.2) is 4.98 Å². The van der Waals surface area contributed by atoms with E-state index in [4.69, 9.17) is 11.6 Å². The summed E-state index contributed by atoms with van der Waals surface area (Å²) in [6, 6.07) is 6.37. The number of rotatable bonds is 3. The van der Waals surface area contributed by atoms with Gasteiger partial charge in [-0.05, 0) is 53.1 Å². The largest absolute Gasteiger partial charge is 0.255 e. The molecule has 3 heteroatoms. The molecule has 84 valence electrons. The standard InChI is InChI=1S/C13H13ClIN/c1-2-3-4-9-5-6-12-10(7-9)13(14)11(15)8-16-12/h5-8H,2-4H2,1H3. The second-order valence-corrected chi connectivity index (χ2v) is 5.42. The first-order chi connectivity index (χ1) is 7.72. The molecule has 0 bridgehead atoms. The summed E-state index contributed by atoms with van der Waals surface area (Å²) < 4.78 is 1.01. The van der Waals surface area contributed by atoms with Crippen LogP contribution >= 0.6 is 34.2 Å². The van der Waals surface area contributed by atoms with Crippen LogP contribution in [0, 0.1) is 3.57 Å². The number of nitrogens with zero attached hydrogens (tertiary/aromatic N) is 1. The van der Waals surface area contributed by atoms with E-state index >= 15 is 0 Å². The van der Waals surface area contributed by atoms with Crippen molar-refractivity contribution in [1.82, 2.24) is 4.98 Å². The molecular weight excluding hydrogens is 333 g/mol. The minimum Gasteiger partial charge on any atom is -0.255 e.